The molecule has 0 saturated carbocycles. The number of carbonyl (C=O) groups excluding carboxylic acids is 1. The van der Waals surface area contributed by atoms with E-state index in [1.54, 1.807) is 0 Å². The summed E-state index contributed by atoms with van der Waals surface area (Å²) in [4.78, 5) is 10.8. The molecule has 0 aromatic carbocycles. The van der Waals surface area contributed by atoms with E-state index >= 15 is 0 Å². The molecule has 0 bridgehead atoms. The second kappa shape index (κ2) is 5.94. The predicted octanol–water partition coefficient (Wildman–Crippen LogP) is 2.74. The molecule has 0 saturated heterocycles. The Hall–Kier alpha value is -0.193. The molecule has 4 heteroatoms. The van der Waals surface area contributed by atoms with Crippen LogP contribution in [0.25, 0.3) is 0 Å². The van der Waals surface area contributed by atoms with Crippen LogP contribution < -0.4 is 0 Å². The van der Waals surface area contributed by atoms with Crippen LogP contribution in [-0.4, -0.2) is 31.9 Å². The molecule has 1 N–H and O–H groups in total. The van der Waals surface area contributed by atoms with Crippen LogP contribution in [0.3, 0.4) is 0 Å². The maximum absolute atomic E-state index is 10.8. The van der Waals surface area contributed by atoms with Gasteiger partial charge in [0, 0.05) is 13.0 Å². The summed E-state index contributed by atoms with van der Waals surface area (Å²) in [6, 6.07) is 0. The minimum absolute atomic E-state index is 0.0276. The van der Waals surface area contributed by atoms with Crippen molar-refractivity contribution in [3.05, 3.63) is 0 Å². The van der Waals surface area contributed by atoms with Gasteiger partial charge >= 0.3 is 0 Å². The van der Waals surface area contributed by atoms with E-state index in [4.69, 9.17) is 4.43 Å². The summed E-state index contributed by atoms with van der Waals surface area (Å²) in [6.07, 6.45) is 0.231. The minimum atomic E-state index is -1.71. The summed E-state index contributed by atoms with van der Waals surface area (Å²) in [5.41, 5.74) is 0. The van der Waals surface area contributed by atoms with Crippen molar-refractivity contribution in [1.82, 2.24) is 0 Å². The van der Waals surface area contributed by atoms with Gasteiger partial charge in [0.25, 0.3) is 0 Å². The van der Waals surface area contributed by atoms with E-state index in [1.165, 1.54) is 6.92 Å². The van der Waals surface area contributed by atoms with Gasteiger partial charge in [0.15, 0.2) is 8.32 Å². The molecule has 0 heterocycles. The third-order valence-electron chi connectivity index (χ3n) is 3.24. The fourth-order valence-corrected chi connectivity index (χ4v) is 2.16. The fraction of sp³-hybridized carbons (Fsp3) is 0.917. The van der Waals surface area contributed by atoms with Crippen LogP contribution in [0.4, 0.5) is 0 Å². The van der Waals surface area contributed by atoms with Crippen LogP contribution in [0, 0.1) is 0 Å². The Labute approximate surface area is 100 Å². The van der Waals surface area contributed by atoms with Gasteiger partial charge in [-0.2, -0.15) is 0 Å². The van der Waals surface area contributed by atoms with Crippen molar-refractivity contribution < 1.29 is 14.3 Å². The molecule has 96 valence electrons. The zero-order valence-electron chi connectivity index (χ0n) is 11.5. The lowest BCUT2D eigenvalue weighted by Crippen LogP contribution is -2.41. The van der Waals surface area contributed by atoms with E-state index in [0.29, 0.717) is 13.0 Å². The van der Waals surface area contributed by atoms with E-state index in [-0.39, 0.29) is 17.2 Å². The lowest BCUT2D eigenvalue weighted by molar-refractivity contribution is -0.118. The maximum atomic E-state index is 10.8. The molecular formula is C12H26O3Si. The van der Waals surface area contributed by atoms with Crippen LogP contribution in [0.15, 0.2) is 0 Å². The third kappa shape index (κ3) is 5.77. The van der Waals surface area contributed by atoms with Crippen molar-refractivity contribution in [2.45, 2.75) is 64.8 Å². The van der Waals surface area contributed by atoms with E-state index < -0.39 is 14.4 Å². The number of hydrogen-bond acceptors (Lipinski definition) is 3. The average molecular weight is 246 g/mol. The van der Waals surface area contributed by atoms with Gasteiger partial charge in [-0.3, -0.25) is 4.79 Å². The first-order valence-corrected chi connectivity index (χ1v) is 8.78. The van der Waals surface area contributed by atoms with E-state index in [0.717, 1.165) is 0 Å². The Kier molecular flexibility index (Phi) is 5.86. The molecule has 0 aromatic heterocycles. The predicted molar refractivity (Wildman–Crippen MR) is 69.1 cm³/mol. The second-order valence-corrected chi connectivity index (χ2v) is 10.8. The molecule has 0 fully saturated rings. The van der Waals surface area contributed by atoms with Gasteiger partial charge in [0.2, 0.25) is 0 Å². The number of rotatable bonds is 6. The van der Waals surface area contributed by atoms with Gasteiger partial charge in [-0.25, -0.2) is 0 Å². The molecule has 0 spiro atoms. The summed E-state index contributed by atoms with van der Waals surface area (Å²) < 4.78 is 5.91. The largest absolute Gasteiger partial charge is 0.417 e. The fourth-order valence-electron chi connectivity index (χ4n) is 1.10. The highest BCUT2D eigenvalue weighted by atomic mass is 28.4. The Balaban J connectivity index is 3.94. The van der Waals surface area contributed by atoms with Crippen molar-refractivity contribution >= 4 is 14.1 Å². The van der Waals surface area contributed by atoms with Crippen molar-refractivity contribution in [2.24, 2.45) is 0 Å². The van der Waals surface area contributed by atoms with Crippen molar-refractivity contribution in [3.8, 4) is 0 Å². The van der Waals surface area contributed by atoms with E-state index in [9.17, 15) is 9.90 Å². The normalized spacial score (nSPS) is 14.9. The van der Waals surface area contributed by atoms with Gasteiger partial charge in [0.05, 0.1) is 6.10 Å². The molecule has 1 unspecified atom stereocenters. The van der Waals surface area contributed by atoms with Gasteiger partial charge < -0.3 is 9.53 Å². The molecule has 16 heavy (non-hydrogen) atoms. The molecule has 0 aromatic rings. The van der Waals surface area contributed by atoms with Crippen molar-refractivity contribution in [2.75, 3.05) is 6.61 Å². The molecule has 3 nitrogen and oxygen atoms in total. The summed E-state index contributed by atoms with van der Waals surface area (Å²) in [5, 5.41) is 9.73. The zero-order chi connectivity index (χ0) is 13.0. The average Bonchev–Trinajstić information content (AvgIpc) is 1.99. The molecule has 0 rings (SSSR count). The quantitative estimate of drug-likeness (QED) is 0.733. The SMILES string of the molecule is CC(=O)CC(O)CCO[Si](C)(C)C(C)(C)C. The van der Waals surface area contributed by atoms with Crippen LogP contribution >= 0.6 is 0 Å². The standard InChI is InChI=1S/C12H26O3Si/c1-10(13)9-11(14)7-8-15-16(5,6)12(2,3)4/h11,14H,7-9H2,1-6H3. The van der Waals surface area contributed by atoms with Crippen molar-refractivity contribution in [1.29, 1.82) is 0 Å². The smallest absolute Gasteiger partial charge is 0.191 e. The van der Waals surface area contributed by atoms with Gasteiger partial charge in [-0.1, -0.05) is 20.8 Å². The number of Topliss-reactive ketones (excluding diaryl/α,β-unsaturated/α-hetero) is 1. The van der Waals surface area contributed by atoms with Crippen molar-refractivity contribution in [3.63, 3.8) is 0 Å². The lowest BCUT2D eigenvalue weighted by atomic mass is 10.1. The first-order chi connectivity index (χ1) is 7.06. The molecule has 0 aliphatic heterocycles. The zero-order valence-corrected chi connectivity index (χ0v) is 12.5. The number of hydrogen-bond donors (Lipinski definition) is 1. The van der Waals surface area contributed by atoms with Crippen LogP contribution in [0.2, 0.25) is 18.1 Å². The second-order valence-electron chi connectivity index (χ2n) is 5.96. The highest BCUT2D eigenvalue weighted by Crippen LogP contribution is 2.36. The Morgan fingerprint density at radius 3 is 2.25 bits per heavy atom. The summed E-state index contributed by atoms with van der Waals surface area (Å²) >= 11 is 0. The first-order valence-electron chi connectivity index (χ1n) is 5.88. The highest BCUT2D eigenvalue weighted by Gasteiger charge is 2.36. The van der Waals surface area contributed by atoms with Crippen LogP contribution in [0.1, 0.15) is 40.5 Å². The molecule has 0 aliphatic rings. The van der Waals surface area contributed by atoms with Gasteiger partial charge in [-0.05, 0) is 31.5 Å². The number of ketones is 1. The third-order valence-corrected chi connectivity index (χ3v) is 7.78. The Morgan fingerprint density at radius 1 is 1.38 bits per heavy atom. The lowest BCUT2D eigenvalue weighted by Gasteiger charge is -2.36. The summed E-state index contributed by atoms with van der Waals surface area (Å²) in [6.45, 7) is 13.0. The number of aliphatic hydroxyl groups is 1. The summed E-state index contributed by atoms with van der Waals surface area (Å²) in [7, 11) is -1.71. The van der Waals surface area contributed by atoms with Crippen LogP contribution in [0.5, 0.6) is 0 Å². The monoisotopic (exact) mass is 246 g/mol. The Morgan fingerprint density at radius 2 is 1.88 bits per heavy atom. The van der Waals surface area contributed by atoms with E-state index in [1.807, 2.05) is 0 Å². The molecular weight excluding hydrogens is 220 g/mol. The molecule has 0 aliphatic carbocycles. The number of carbonyl (C=O) groups is 1. The maximum Gasteiger partial charge on any atom is 0.191 e. The van der Waals surface area contributed by atoms with Gasteiger partial charge in [0.1, 0.15) is 5.78 Å². The minimum Gasteiger partial charge on any atom is -0.417 e. The molecule has 0 radical (unpaired) electrons. The molecule has 0 amide bonds. The molecule has 1 atom stereocenters. The highest BCUT2D eigenvalue weighted by molar-refractivity contribution is 6.74. The number of aliphatic hydroxyl groups excluding tert-OH is 1. The summed E-state index contributed by atoms with van der Waals surface area (Å²) in [5.74, 6) is 0.0276. The van der Waals surface area contributed by atoms with E-state index in [2.05, 4.69) is 33.9 Å². The van der Waals surface area contributed by atoms with Gasteiger partial charge in [-0.15, -0.1) is 0 Å². The Bertz CT molecular complexity index is 231. The van der Waals surface area contributed by atoms with Crippen LogP contribution in [-0.2, 0) is 9.22 Å². The first kappa shape index (κ1) is 15.8. The topological polar surface area (TPSA) is 46.5 Å².